The van der Waals surface area contributed by atoms with Crippen molar-refractivity contribution in [2.24, 2.45) is 0 Å². The van der Waals surface area contributed by atoms with Crippen LogP contribution < -0.4 is 4.74 Å². The fourth-order valence-corrected chi connectivity index (χ4v) is 2.11. The maximum Gasteiger partial charge on any atom is 0.146 e. The molecule has 18 heavy (non-hydrogen) atoms. The molecule has 0 bridgehead atoms. The van der Waals surface area contributed by atoms with Gasteiger partial charge in [0.25, 0.3) is 0 Å². The highest BCUT2D eigenvalue weighted by Gasteiger charge is 2.04. The van der Waals surface area contributed by atoms with E-state index in [1.165, 1.54) is 0 Å². The van der Waals surface area contributed by atoms with E-state index in [0.29, 0.717) is 6.61 Å². The van der Waals surface area contributed by atoms with Gasteiger partial charge in [-0.05, 0) is 36.4 Å². The Balaban J connectivity index is 1.79. The Morgan fingerprint density at radius 3 is 3.00 bits per heavy atom. The number of hydrogen-bond donors (Lipinski definition) is 0. The van der Waals surface area contributed by atoms with Crippen LogP contribution in [0.2, 0.25) is 0 Å². The largest absolute Gasteiger partial charge is 0.484 e. The van der Waals surface area contributed by atoms with Crippen molar-refractivity contribution in [1.82, 2.24) is 4.98 Å². The first-order valence-electron chi connectivity index (χ1n) is 5.52. The first-order valence-corrected chi connectivity index (χ1v) is 6.31. The van der Waals surface area contributed by atoms with Gasteiger partial charge in [-0.3, -0.25) is 4.98 Å². The van der Waals surface area contributed by atoms with E-state index in [0.717, 1.165) is 27.0 Å². The van der Waals surface area contributed by atoms with E-state index < -0.39 is 0 Å². The van der Waals surface area contributed by atoms with E-state index in [1.54, 1.807) is 12.4 Å². The van der Waals surface area contributed by atoms with Crippen molar-refractivity contribution in [3.8, 4) is 5.75 Å². The number of aromatic nitrogens is 1. The van der Waals surface area contributed by atoms with Gasteiger partial charge in [0.15, 0.2) is 0 Å². The van der Waals surface area contributed by atoms with Gasteiger partial charge in [-0.15, -0.1) is 0 Å². The average Bonchev–Trinajstić information content (AvgIpc) is 2.79. The Hall–Kier alpha value is -1.81. The van der Waals surface area contributed by atoms with Gasteiger partial charge >= 0.3 is 0 Å². The molecule has 0 saturated carbocycles. The number of hydrogen-bond acceptors (Lipinski definition) is 3. The zero-order valence-corrected chi connectivity index (χ0v) is 11.1. The van der Waals surface area contributed by atoms with Gasteiger partial charge in [-0.1, -0.05) is 15.9 Å². The minimum absolute atomic E-state index is 0.401. The standard InChI is InChI=1S/C14H10BrNO2/c15-11-3-4-14-10(6-11)7-13(18-14)9-17-12-2-1-5-16-8-12/h1-8H,9H2. The van der Waals surface area contributed by atoms with E-state index in [1.807, 2.05) is 36.4 Å². The van der Waals surface area contributed by atoms with E-state index in [-0.39, 0.29) is 0 Å². The zero-order valence-electron chi connectivity index (χ0n) is 9.47. The van der Waals surface area contributed by atoms with Crippen LogP contribution in [-0.2, 0) is 6.61 Å². The summed E-state index contributed by atoms with van der Waals surface area (Å²) in [6.45, 7) is 0.401. The summed E-state index contributed by atoms with van der Waals surface area (Å²) in [6, 6.07) is 11.6. The summed E-state index contributed by atoms with van der Waals surface area (Å²) >= 11 is 3.44. The van der Waals surface area contributed by atoms with Gasteiger partial charge < -0.3 is 9.15 Å². The molecule has 1 aromatic carbocycles. The first-order chi connectivity index (χ1) is 8.81. The van der Waals surface area contributed by atoms with Gasteiger partial charge in [-0.25, -0.2) is 0 Å². The number of rotatable bonds is 3. The number of furan rings is 1. The van der Waals surface area contributed by atoms with Gasteiger partial charge in [0.2, 0.25) is 0 Å². The molecule has 2 heterocycles. The molecule has 0 aliphatic rings. The number of benzene rings is 1. The fraction of sp³-hybridized carbons (Fsp3) is 0.0714. The van der Waals surface area contributed by atoms with Crippen molar-refractivity contribution in [1.29, 1.82) is 0 Å². The zero-order chi connectivity index (χ0) is 12.4. The van der Waals surface area contributed by atoms with Crippen molar-refractivity contribution in [2.75, 3.05) is 0 Å². The predicted octanol–water partition coefficient (Wildman–Crippen LogP) is 4.17. The molecule has 3 rings (SSSR count). The minimum atomic E-state index is 0.401. The first kappa shape index (κ1) is 11.3. The van der Waals surface area contributed by atoms with E-state index in [4.69, 9.17) is 9.15 Å². The van der Waals surface area contributed by atoms with Crippen LogP contribution in [0.5, 0.6) is 5.75 Å². The quantitative estimate of drug-likeness (QED) is 0.728. The molecule has 0 unspecified atom stereocenters. The molecule has 0 fully saturated rings. The highest BCUT2D eigenvalue weighted by atomic mass is 79.9. The molecule has 0 saturated heterocycles. The van der Waals surface area contributed by atoms with Crippen molar-refractivity contribution >= 4 is 26.9 Å². The maximum absolute atomic E-state index is 5.68. The molecular weight excluding hydrogens is 294 g/mol. The highest BCUT2D eigenvalue weighted by molar-refractivity contribution is 9.10. The van der Waals surface area contributed by atoms with Crippen molar-refractivity contribution in [2.45, 2.75) is 6.61 Å². The van der Waals surface area contributed by atoms with Crippen LogP contribution in [0.4, 0.5) is 0 Å². The third-order valence-electron chi connectivity index (χ3n) is 2.54. The van der Waals surface area contributed by atoms with Gasteiger partial charge in [0.05, 0.1) is 6.20 Å². The normalized spacial score (nSPS) is 10.7. The van der Waals surface area contributed by atoms with Gasteiger partial charge in [0, 0.05) is 16.1 Å². The Morgan fingerprint density at radius 1 is 1.22 bits per heavy atom. The second-order valence-corrected chi connectivity index (χ2v) is 4.79. The van der Waals surface area contributed by atoms with Crippen LogP contribution >= 0.6 is 15.9 Å². The summed E-state index contributed by atoms with van der Waals surface area (Å²) in [4.78, 5) is 3.99. The highest BCUT2D eigenvalue weighted by Crippen LogP contribution is 2.24. The third-order valence-corrected chi connectivity index (χ3v) is 3.04. The molecule has 3 aromatic rings. The van der Waals surface area contributed by atoms with Crippen molar-refractivity contribution in [3.05, 3.63) is 59.0 Å². The molecule has 0 atom stereocenters. The Morgan fingerprint density at radius 2 is 2.17 bits per heavy atom. The molecule has 4 heteroatoms. The van der Waals surface area contributed by atoms with Crippen LogP contribution in [0.25, 0.3) is 11.0 Å². The molecule has 90 valence electrons. The van der Waals surface area contributed by atoms with Gasteiger partial charge in [0.1, 0.15) is 23.7 Å². The summed E-state index contributed by atoms with van der Waals surface area (Å²) in [6.07, 6.45) is 3.39. The number of fused-ring (bicyclic) bond motifs is 1. The monoisotopic (exact) mass is 303 g/mol. The van der Waals surface area contributed by atoms with Gasteiger partial charge in [-0.2, -0.15) is 0 Å². The smallest absolute Gasteiger partial charge is 0.146 e. The van der Waals surface area contributed by atoms with Crippen LogP contribution in [-0.4, -0.2) is 4.98 Å². The molecule has 3 nitrogen and oxygen atoms in total. The van der Waals surface area contributed by atoms with E-state index in [9.17, 15) is 0 Å². The molecule has 2 aromatic heterocycles. The third kappa shape index (κ3) is 2.38. The fourth-order valence-electron chi connectivity index (χ4n) is 1.73. The second kappa shape index (κ2) is 4.82. The maximum atomic E-state index is 5.68. The molecule has 0 spiro atoms. The summed E-state index contributed by atoms with van der Waals surface area (Å²) in [5.74, 6) is 1.53. The summed E-state index contributed by atoms with van der Waals surface area (Å²) in [5.41, 5.74) is 0.864. The Bertz CT molecular complexity index is 664. The summed E-state index contributed by atoms with van der Waals surface area (Å²) < 4.78 is 12.3. The molecule has 0 N–H and O–H groups in total. The lowest BCUT2D eigenvalue weighted by Crippen LogP contribution is -1.93. The number of halogens is 1. The van der Waals surface area contributed by atoms with E-state index >= 15 is 0 Å². The molecule has 0 aliphatic heterocycles. The van der Waals surface area contributed by atoms with Crippen LogP contribution in [0.15, 0.2) is 57.7 Å². The average molecular weight is 304 g/mol. The van der Waals surface area contributed by atoms with Crippen molar-refractivity contribution < 1.29 is 9.15 Å². The number of ether oxygens (including phenoxy) is 1. The lowest BCUT2D eigenvalue weighted by molar-refractivity contribution is 0.273. The number of pyridine rings is 1. The van der Waals surface area contributed by atoms with Crippen molar-refractivity contribution in [3.63, 3.8) is 0 Å². The molecule has 0 radical (unpaired) electrons. The predicted molar refractivity (Wildman–Crippen MR) is 72.5 cm³/mol. The molecular formula is C14H10BrNO2. The Kier molecular flexibility index (Phi) is 3.02. The second-order valence-electron chi connectivity index (χ2n) is 3.87. The molecule has 0 amide bonds. The summed E-state index contributed by atoms with van der Waals surface area (Å²) in [5, 5.41) is 1.06. The van der Waals surface area contributed by atoms with Crippen LogP contribution in [0.1, 0.15) is 5.76 Å². The minimum Gasteiger partial charge on any atom is -0.484 e. The SMILES string of the molecule is Brc1ccc2oc(COc3cccnc3)cc2c1. The number of nitrogens with zero attached hydrogens (tertiary/aromatic N) is 1. The lowest BCUT2D eigenvalue weighted by atomic mass is 10.2. The topological polar surface area (TPSA) is 35.3 Å². The lowest BCUT2D eigenvalue weighted by Gasteiger charge is -2.01. The van der Waals surface area contributed by atoms with Crippen LogP contribution in [0, 0.1) is 0 Å². The summed E-state index contributed by atoms with van der Waals surface area (Å²) in [7, 11) is 0. The Labute approximate surface area is 113 Å². The molecule has 0 aliphatic carbocycles. The van der Waals surface area contributed by atoms with E-state index in [2.05, 4.69) is 20.9 Å². The van der Waals surface area contributed by atoms with Crippen LogP contribution in [0.3, 0.4) is 0 Å².